The Morgan fingerprint density at radius 3 is 3.00 bits per heavy atom. The summed E-state index contributed by atoms with van der Waals surface area (Å²) in [4.78, 5) is 12.1. The lowest BCUT2D eigenvalue weighted by Crippen LogP contribution is -2.41. The molecule has 0 aliphatic carbocycles. The Bertz CT molecular complexity index is 411. The number of amides is 1. The Morgan fingerprint density at radius 1 is 1.50 bits per heavy atom. The second-order valence-corrected chi connectivity index (χ2v) is 5.19. The van der Waals surface area contributed by atoms with E-state index in [2.05, 4.69) is 35.8 Å². The molecule has 1 saturated heterocycles. The number of nitrogens with one attached hydrogen (secondary N) is 2. The summed E-state index contributed by atoms with van der Waals surface area (Å²) >= 11 is 0. The maximum atomic E-state index is 12.1. The van der Waals surface area contributed by atoms with Gasteiger partial charge >= 0.3 is 0 Å². The highest BCUT2D eigenvalue weighted by molar-refractivity contribution is 5.79. The molecule has 1 fully saturated rings. The quantitative estimate of drug-likeness (QED) is 0.858. The van der Waals surface area contributed by atoms with Crippen LogP contribution in [0, 0.1) is 12.8 Å². The fourth-order valence-electron chi connectivity index (χ4n) is 2.43. The molecule has 1 heterocycles. The van der Waals surface area contributed by atoms with Gasteiger partial charge < -0.3 is 10.6 Å². The molecule has 2 atom stereocenters. The van der Waals surface area contributed by atoms with E-state index in [0.29, 0.717) is 0 Å². The van der Waals surface area contributed by atoms with Crippen LogP contribution < -0.4 is 10.6 Å². The molecule has 0 radical (unpaired) electrons. The van der Waals surface area contributed by atoms with Crippen LogP contribution in [0.5, 0.6) is 0 Å². The Balaban J connectivity index is 1.94. The molecular weight excluding hydrogens is 224 g/mol. The minimum Gasteiger partial charge on any atom is -0.349 e. The fourth-order valence-corrected chi connectivity index (χ4v) is 2.43. The highest BCUT2D eigenvalue weighted by Gasteiger charge is 2.22. The normalized spacial score (nSPS) is 21.3. The molecule has 1 amide bonds. The van der Waals surface area contributed by atoms with Crippen molar-refractivity contribution in [2.45, 2.75) is 32.7 Å². The number of hydrogen-bond donors (Lipinski definition) is 2. The van der Waals surface area contributed by atoms with Crippen LogP contribution in [0.1, 0.15) is 36.9 Å². The lowest BCUT2D eigenvalue weighted by Gasteiger charge is -2.24. The number of carbonyl (C=O) groups is 1. The predicted molar refractivity (Wildman–Crippen MR) is 73.3 cm³/mol. The number of aryl methyl sites for hydroxylation is 1. The van der Waals surface area contributed by atoms with Gasteiger partial charge in [0.1, 0.15) is 0 Å². The third kappa shape index (κ3) is 3.33. The van der Waals surface area contributed by atoms with Crippen molar-refractivity contribution in [3.63, 3.8) is 0 Å². The van der Waals surface area contributed by atoms with Gasteiger partial charge in [-0.1, -0.05) is 29.8 Å². The van der Waals surface area contributed by atoms with Crippen LogP contribution in [0.3, 0.4) is 0 Å². The van der Waals surface area contributed by atoms with Gasteiger partial charge in [-0.15, -0.1) is 0 Å². The first-order valence-corrected chi connectivity index (χ1v) is 6.74. The Labute approximate surface area is 109 Å². The second kappa shape index (κ2) is 6.01. The number of piperidine rings is 1. The summed E-state index contributed by atoms with van der Waals surface area (Å²) in [6, 6.07) is 8.39. The molecule has 0 unspecified atom stereocenters. The van der Waals surface area contributed by atoms with E-state index in [1.54, 1.807) is 0 Å². The van der Waals surface area contributed by atoms with Gasteiger partial charge in [-0.3, -0.25) is 4.79 Å². The standard InChI is InChI=1S/C15H22N2O/c1-11-5-3-6-13(9-11)12(2)17-15(18)14-7-4-8-16-10-14/h3,5-6,9,12,14,16H,4,7-8,10H2,1-2H3,(H,17,18)/t12-,14-/m0/s1. The maximum Gasteiger partial charge on any atom is 0.224 e. The van der Waals surface area contributed by atoms with Gasteiger partial charge in [0.05, 0.1) is 12.0 Å². The first-order chi connectivity index (χ1) is 8.66. The van der Waals surface area contributed by atoms with Crippen LogP contribution in [0.25, 0.3) is 0 Å². The number of hydrogen-bond acceptors (Lipinski definition) is 2. The molecule has 0 saturated carbocycles. The van der Waals surface area contributed by atoms with E-state index < -0.39 is 0 Å². The van der Waals surface area contributed by atoms with E-state index >= 15 is 0 Å². The molecule has 0 aromatic heterocycles. The molecule has 18 heavy (non-hydrogen) atoms. The molecule has 0 bridgehead atoms. The predicted octanol–water partition coefficient (Wildman–Crippen LogP) is 2.17. The Morgan fingerprint density at radius 2 is 2.33 bits per heavy atom. The molecule has 1 aliphatic rings. The SMILES string of the molecule is Cc1cccc([C@H](C)NC(=O)[C@H]2CCCNC2)c1. The van der Waals surface area contributed by atoms with Crippen molar-refractivity contribution in [2.75, 3.05) is 13.1 Å². The third-order valence-electron chi connectivity index (χ3n) is 3.57. The van der Waals surface area contributed by atoms with Crippen LogP contribution in [-0.4, -0.2) is 19.0 Å². The van der Waals surface area contributed by atoms with Crippen molar-refractivity contribution in [3.8, 4) is 0 Å². The Hall–Kier alpha value is -1.35. The largest absolute Gasteiger partial charge is 0.349 e. The van der Waals surface area contributed by atoms with Gasteiger partial charge in [0.15, 0.2) is 0 Å². The lowest BCUT2D eigenvalue weighted by atomic mass is 9.97. The molecule has 0 spiro atoms. The van der Waals surface area contributed by atoms with Gasteiger partial charge in [0, 0.05) is 6.54 Å². The van der Waals surface area contributed by atoms with Crippen LogP contribution in [0.4, 0.5) is 0 Å². The minimum absolute atomic E-state index is 0.0827. The van der Waals surface area contributed by atoms with Gasteiger partial charge in [0.2, 0.25) is 5.91 Å². The number of carbonyl (C=O) groups excluding carboxylic acids is 1. The maximum absolute atomic E-state index is 12.1. The first-order valence-electron chi connectivity index (χ1n) is 6.74. The molecule has 1 aliphatic heterocycles. The van der Waals surface area contributed by atoms with Crippen molar-refractivity contribution in [2.24, 2.45) is 5.92 Å². The van der Waals surface area contributed by atoms with E-state index in [-0.39, 0.29) is 17.9 Å². The third-order valence-corrected chi connectivity index (χ3v) is 3.57. The van der Waals surface area contributed by atoms with Crippen molar-refractivity contribution in [1.82, 2.24) is 10.6 Å². The molecule has 98 valence electrons. The van der Waals surface area contributed by atoms with E-state index in [0.717, 1.165) is 25.9 Å². The summed E-state index contributed by atoms with van der Waals surface area (Å²) in [6.07, 6.45) is 2.09. The summed E-state index contributed by atoms with van der Waals surface area (Å²) in [5.74, 6) is 0.308. The monoisotopic (exact) mass is 246 g/mol. The van der Waals surface area contributed by atoms with Crippen molar-refractivity contribution >= 4 is 5.91 Å². The van der Waals surface area contributed by atoms with Crippen LogP contribution in [-0.2, 0) is 4.79 Å². The molecule has 2 rings (SSSR count). The van der Waals surface area contributed by atoms with E-state index in [1.807, 2.05) is 13.0 Å². The van der Waals surface area contributed by atoms with E-state index in [4.69, 9.17) is 0 Å². The summed E-state index contributed by atoms with van der Waals surface area (Å²) in [5.41, 5.74) is 2.40. The summed E-state index contributed by atoms with van der Waals surface area (Å²) < 4.78 is 0. The number of benzene rings is 1. The van der Waals surface area contributed by atoms with Gasteiger partial charge in [-0.25, -0.2) is 0 Å². The Kier molecular flexibility index (Phi) is 4.37. The fraction of sp³-hybridized carbons (Fsp3) is 0.533. The van der Waals surface area contributed by atoms with Crippen LogP contribution in [0.2, 0.25) is 0 Å². The van der Waals surface area contributed by atoms with Crippen LogP contribution >= 0.6 is 0 Å². The summed E-state index contributed by atoms with van der Waals surface area (Å²) in [6.45, 7) is 5.97. The molecule has 3 nitrogen and oxygen atoms in total. The zero-order valence-corrected chi connectivity index (χ0v) is 11.2. The molecule has 1 aromatic rings. The van der Waals surface area contributed by atoms with E-state index in [1.165, 1.54) is 11.1 Å². The smallest absolute Gasteiger partial charge is 0.224 e. The zero-order chi connectivity index (χ0) is 13.0. The van der Waals surface area contributed by atoms with Crippen molar-refractivity contribution < 1.29 is 4.79 Å². The summed E-state index contributed by atoms with van der Waals surface area (Å²) in [7, 11) is 0. The highest BCUT2D eigenvalue weighted by Crippen LogP contribution is 2.16. The van der Waals surface area contributed by atoms with Crippen LogP contribution in [0.15, 0.2) is 24.3 Å². The van der Waals surface area contributed by atoms with Gasteiger partial charge in [-0.05, 0) is 38.8 Å². The molecule has 2 N–H and O–H groups in total. The average molecular weight is 246 g/mol. The van der Waals surface area contributed by atoms with Gasteiger partial charge in [0.25, 0.3) is 0 Å². The number of rotatable bonds is 3. The minimum atomic E-state index is 0.0827. The van der Waals surface area contributed by atoms with Gasteiger partial charge in [-0.2, -0.15) is 0 Å². The van der Waals surface area contributed by atoms with Crippen molar-refractivity contribution in [1.29, 1.82) is 0 Å². The summed E-state index contributed by atoms with van der Waals surface area (Å²) in [5, 5.41) is 6.39. The van der Waals surface area contributed by atoms with Crippen molar-refractivity contribution in [3.05, 3.63) is 35.4 Å². The van der Waals surface area contributed by atoms with E-state index in [9.17, 15) is 4.79 Å². The molecular formula is C15H22N2O. The first kappa shape index (κ1) is 13.1. The molecule has 3 heteroatoms. The topological polar surface area (TPSA) is 41.1 Å². The second-order valence-electron chi connectivity index (χ2n) is 5.19. The average Bonchev–Trinajstić information content (AvgIpc) is 2.39. The highest BCUT2D eigenvalue weighted by atomic mass is 16.1. The zero-order valence-electron chi connectivity index (χ0n) is 11.2. The lowest BCUT2D eigenvalue weighted by molar-refractivity contribution is -0.126. The molecule has 1 aromatic carbocycles.